The number of hydrogen-bond acceptors (Lipinski definition) is 5. The van der Waals surface area contributed by atoms with Crippen LogP contribution >= 0.6 is 11.3 Å². The lowest BCUT2D eigenvalue weighted by atomic mass is 10.1. The third kappa shape index (κ3) is 4.24. The Kier molecular flexibility index (Phi) is 6.01. The molecule has 0 saturated heterocycles. The number of carbonyl (C=O) groups excluding carboxylic acids is 2. The van der Waals surface area contributed by atoms with Crippen molar-refractivity contribution in [3.63, 3.8) is 0 Å². The Morgan fingerprint density at radius 2 is 1.18 bits per heavy atom. The standard InChI is InChI=1S/C33H20N2O2S/c34-21-22-10-14-25(15-11-22)35(24-6-2-1-3-7-24)26-16-12-23(13-17-26)31-19-18-27(38-31)20-30-32(36)28-8-4-5-9-29(28)33(30)37/h1-20H. The van der Waals surface area contributed by atoms with E-state index in [-0.39, 0.29) is 17.1 Å². The zero-order valence-corrected chi connectivity index (χ0v) is 21.0. The van der Waals surface area contributed by atoms with Gasteiger partial charge < -0.3 is 4.90 Å². The summed E-state index contributed by atoms with van der Waals surface area (Å²) in [5.74, 6) is -0.428. The molecule has 4 nitrogen and oxygen atoms in total. The number of carbonyl (C=O) groups is 2. The third-order valence-corrected chi connectivity index (χ3v) is 7.58. The van der Waals surface area contributed by atoms with E-state index >= 15 is 0 Å². The smallest absolute Gasteiger partial charge is 0.197 e. The van der Waals surface area contributed by atoms with Gasteiger partial charge in [-0.05, 0) is 72.3 Å². The quantitative estimate of drug-likeness (QED) is 0.177. The predicted molar refractivity (Wildman–Crippen MR) is 152 cm³/mol. The van der Waals surface area contributed by atoms with E-state index in [0.29, 0.717) is 16.7 Å². The lowest BCUT2D eigenvalue weighted by molar-refractivity contribution is 0.0990. The van der Waals surface area contributed by atoms with Crippen LogP contribution in [0.3, 0.4) is 0 Å². The van der Waals surface area contributed by atoms with Gasteiger partial charge in [0.25, 0.3) is 0 Å². The highest BCUT2D eigenvalue weighted by Crippen LogP contribution is 2.37. The molecule has 0 amide bonds. The van der Waals surface area contributed by atoms with Crippen molar-refractivity contribution < 1.29 is 9.59 Å². The normalized spacial score (nSPS) is 12.2. The van der Waals surface area contributed by atoms with Crippen LogP contribution < -0.4 is 4.90 Å². The molecule has 0 N–H and O–H groups in total. The fourth-order valence-corrected chi connectivity index (χ4v) is 5.57. The first-order valence-corrected chi connectivity index (χ1v) is 12.9. The number of thiophene rings is 1. The van der Waals surface area contributed by atoms with Gasteiger partial charge in [0.15, 0.2) is 11.6 Å². The molecule has 0 atom stereocenters. The molecular weight excluding hydrogens is 488 g/mol. The first-order valence-electron chi connectivity index (χ1n) is 12.1. The maximum Gasteiger partial charge on any atom is 0.197 e. The van der Waals surface area contributed by atoms with Crippen LogP contribution in [0.15, 0.2) is 121 Å². The molecule has 6 rings (SSSR count). The number of fused-ring (bicyclic) bond motifs is 1. The average molecular weight is 509 g/mol. The van der Waals surface area contributed by atoms with Crippen molar-refractivity contribution in [2.45, 2.75) is 0 Å². The lowest BCUT2D eigenvalue weighted by Crippen LogP contribution is -2.09. The van der Waals surface area contributed by atoms with Gasteiger partial charge in [-0.2, -0.15) is 5.26 Å². The molecule has 5 heteroatoms. The summed E-state index contributed by atoms with van der Waals surface area (Å²) >= 11 is 1.54. The van der Waals surface area contributed by atoms with Gasteiger partial charge in [-0.25, -0.2) is 0 Å². The van der Waals surface area contributed by atoms with Crippen molar-refractivity contribution in [2.75, 3.05) is 4.90 Å². The molecule has 1 aliphatic rings. The number of hydrogen-bond donors (Lipinski definition) is 0. The number of ketones is 2. The monoisotopic (exact) mass is 508 g/mol. The molecule has 1 aromatic heterocycles. The lowest BCUT2D eigenvalue weighted by Gasteiger charge is -2.25. The van der Waals surface area contributed by atoms with E-state index in [1.165, 1.54) is 0 Å². The van der Waals surface area contributed by atoms with Crippen molar-refractivity contribution >= 4 is 46.0 Å². The largest absolute Gasteiger partial charge is 0.311 e. The minimum Gasteiger partial charge on any atom is -0.311 e. The van der Waals surface area contributed by atoms with E-state index in [2.05, 4.69) is 47.4 Å². The zero-order chi connectivity index (χ0) is 26.1. The zero-order valence-electron chi connectivity index (χ0n) is 20.2. The van der Waals surface area contributed by atoms with Crippen molar-refractivity contribution in [1.29, 1.82) is 5.26 Å². The van der Waals surface area contributed by atoms with E-state index in [4.69, 9.17) is 0 Å². The summed E-state index contributed by atoms with van der Waals surface area (Å²) in [6.45, 7) is 0. The predicted octanol–water partition coefficient (Wildman–Crippen LogP) is 8.22. The van der Waals surface area contributed by atoms with Gasteiger partial charge in [-0.15, -0.1) is 11.3 Å². The summed E-state index contributed by atoms with van der Waals surface area (Å²) in [7, 11) is 0. The van der Waals surface area contributed by atoms with E-state index in [1.807, 2.05) is 54.6 Å². The van der Waals surface area contributed by atoms with Gasteiger partial charge in [0.05, 0.1) is 17.2 Å². The van der Waals surface area contributed by atoms with E-state index in [9.17, 15) is 14.9 Å². The van der Waals surface area contributed by atoms with Crippen LogP contribution in [-0.4, -0.2) is 11.6 Å². The molecule has 38 heavy (non-hydrogen) atoms. The summed E-state index contributed by atoms with van der Waals surface area (Å²) in [6.07, 6.45) is 1.70. The average Bonchev–Trinajstić information content (AvgIpc) is 3.54. The second kappa shape index (κ2) is 9.78. The van der Waals surface area contributed by atoms with Gasteiger partial charge in [0, 0.05) is 37.9 Å². The molecule has 0 bridgehead atoms. The van der Waals surface area contributed by atoms with Crippen molar-refractivity contribution in [3.05, 3.63) is 142 Å². The molecule has 180 valence electrons. The molecule has 0 aliphatic heterocycles. The Hall–Kier alpha value is -5.05. The highest BCUT2D eigenvalue weighted by atomic mass is 32.1. The van der Waals surface area contributed by atoms with Gasteiger partial charge in [-0.1, -0.05) is 54.6 Å². The molecule has 1 heterocycles. The Morgan fingerprint density at radius 1 is 0.632 bits per heavy atom. The summed E-state index contributed by atoms with van der Waals surface area (Å²) < 4.78 is 0. The van der Waals surface area contributed by atoms with Crippen LogP contribution in [0, 0.1) is 11.3 Å². The van der Waals surface area contributed by atoms with Crippen molar-refractivity contribution in [2.24, 2.45) is 0 Å². The maximum absolute atomic E-state index is 12.8. The molecule has 0 radical (unpaired) electrons. The Bertz CT molecular complexity index is 1700. The van der Waals surface area contributed by atoms with E-state index < -0.39 is 0 Å². The van der Waals surface area contributed by atoms with Gasteiger partial charge in [0.2, 0.25) is 0 Å². The SMILES string of the molecule is N#Cc1ccc(N(c2ccccc2)c2ccc(-c3ccc(C=C4C(=O)c5ccccc5C4=O)s3)cc2)cc1. The first-order chi connectivity index (χ1) is 18.6. The van der Waals surface area contributed by atoms with Gasteiger partial charge >= 0.3 is 0 Å². The number of Topliss-reactive ketones (excluding diaryl/α,β-unsaturated/α-hetero) is 2. The molecule has 0 spiro atoms. The van der Waals surface area contributed by atoms with Crippen LogP contribution in [0.25, 0.3) is 16.5 Å². The first kappa shape index (κ1) is 23.4. The summed E-state index contributed by atoms with van der Waals surface area (Å²) in [4.78, 5) is 29.6. The topological polar surface area (TPSA) is 61.2 Å². The summed E-state index contributed by atoms with van der Waals surface area (Å²) in [5.41, 5.74) is 5.79. The molecule has 4 aromatic carbocycles. The van der Waals surface area contributed by atoms with Crippen molar-refractivity contribution in [3.8, 4) is 16.5 Å². The molecule has 0 unspecified atom stereocenters. The fourth-order valence-electron chi connectivity index (χ4n) is 4.62. The molecule has 5 aromatic rings. The Balaban J connectivity index is 1.29. The number of para-hydroxylation sites is 1. The second-order valence-corrected chi connectivity index (χ2v) is 9.96. The summed E-state index contributed by atoms with van der Waals surface area (Å²) in [6, 6.07) is 39.0. The fraction of sp³-hybridized carbons (Fsp3) is 0. The maximum atomic E-state index is 12.8. The number of allylic oxidation sites excluding steroid dienone is 1. The van der Waals surface area contributed by atoms with Gasteiger partial charge in [0.1, 0.15) is 0 Å². The third-order valence-electron chi connectivity index (χ3n) is 6.50. The number of anilines is 3. The molecular formula is C33H20N2O2S. The Morgan fingerprint density at radius 3 is 1.79 bits per heavy atom. The Labute approximate surface area is 224 Å². The summed E-state index contributed by atoms with van der Waals surface area (Å²) in [5, 5.41) is 9.19. The molecule has 0 fully saturated rings. The second-order valence-electron chi connectivity index (χ2n) is 8.84. The van der Waals surface area contributed by atoms with Crippen LogP contribution in [0.4, 0.5) is 17.1 Å². The number of nitriles is 1. The number of benzene rings is 4. The highest BCUT2D eigenvalue weighted by molar-refractivity contribution is 7.16. The molecule has 0 saturated carbocycles. The number of rotatable bonds is 5. The van der Waals surface area contributed by atoms with Crippen LogP contribution in [0.5, 0.6) is 0 Å². The van der Waals surface area contributed by atoms with Gasteiger partial charge in [-0.3, -0.25) is 9.59 Å². The van der Waals surface area contributed by atoms with Crippen LogP contribution in [0.1, 0.15) is 31.2 Å². The van der Waals surface area contributed by atoms with Crippen LogP contribution in [0.2, 0.25) is 0 Å². The number of nitrogens with zero attached hydrogens (tertiary/aromatic N) is 2. The van der Waals surface area contributed by atoms with Crippen LogP contribution in [-0.2, 0) is 0 Å². The van der Waals surface area contributed by atoms with E-state index in [1.54, 1.807) is 41.7 Å². The minimum atomic E-state index is -0.214. The highest BCUT2D eigenvalue weighted by Gasteiger charge is 2.32. The molecule has 1 aliphatic carbocycles. The minimum absolute atomic E-state index is 0.214. The van der Waals surface area contributed by atoms with E-state index in [0.717, 1.165) is 32.4 Å². The van der Waals surface area contributed by atoms with Crippen molar-refractivity contribution in [1.82, 2.24) is 0 Å².